The molecule has 0 aliphatic carbocycles. The lowest BCUT2D eigenvalue weighted by atomic mass is 10.2. The van der Waals surface area contributed by atoms with Gasteiger partial charge in [0.25, 0.3) is 11.1 Å². The van der Waals surface area contributed by atoms with Crippen LogP contribution in [0.15, 0.2) is 9.59 Å². The minimum absolute atomic E-state index is 0.120. The van der Waals surface area contributed by atoms with Crippen LogP contribution in [0.1, 0.15) is 11.1 Å². The Morgan fingerprint density at radius 2 is 1.92 bits per heavy atom. The highest BCUT2D eigenvalue weighted by Crippen LogP contribution is 1.90. The fourth-order valence-electron chi connectivity index (χ4n) is 1.05. The summed E-state index contributed by atoms with van der Waals surface area (Å²) in [4.78, 5) is 22.6. The number of aliphatic hydroxyl groups excluding tert-OH is 1. The molecule has 0 unspecified atom stereocenters. The molecule has 5 nitrogen and oxygen atoms in total. The number of nitrogens with one attached hydrogen (secondary N) is 1. The maximum Gasteiger partial charge on any atom is 0.268 e. The number of H-pyrrole nitrogens is 1. The predicted molar refractivity (Wildman–Crippen MR) is 47.9 cm³/mol. The average molecular weight is 184 g/mol. The van der Waals surface area contributed by atoms with Crippen LogP contribution in [0.3, 0.4) is 0 Å². The second-order valence-electron chi connectivity index (χ2n) is 2.87. The molecule has 0 amide bonds. The van der Waals surface area contributed by atoms with E-state index in [1.165, 1.54) is 0 Å². The second-order valence-corrected chi connectivity index (χ2v) is 2.87. The van der Waals surface area contributed by atoms with Crippen molar-refractivity contribution in [1.29, 1.82) is 0 Å². The van der Waals surface area contributed by atoms with Crippen molar-refractivity contribution < 1.29 is 5.11 Å². The molecule has 5 heteroatoms. The number of aliphatic hydroxyl groups is 1. The van der Waals surface area contributed by atoms with Gasteiger partial charge in [0.15, 0.2) is 0 Å². The largest absolute Gasteiger partial charge is 0.394 e. The molecule has 1 aromatic heterocycles. The normalized spacial score (nSPS) is 10.4. The summed E-state index contributed by atoms with van der Waals surface area (Å²) < 4.78 is 1.12. The third-order valence-electron chi connectivity index (χ3n) is 2.03. The zero-order valence-corrected chi connectivity index (χ0v) is 7.63. The van der Waals surface area contributed by atoms with Crippen LogP contribution in [0.2, 0.25) is 0 Å². The Balaban J connectivity index is 3.42. The Morgan fingerprint density at radius 1 is 1.31 bits per heavy atom. The van der Waals surface area contributed by atoms with Crippen LogP contribution in [-0.2, 0) is 6.54 Å². The lowest BCUT2D eigenvalue weighted by molar-refractivity contribution is 0.265. The molecule has 0 aromatic carbocycles. The third kappa shape index (κ3) is 1.70. The van der Waals surface area contributed by atoms with E-state index in [4.69, 9.17) is 5.11 Å². The van der Waals surface area contributed by atoms with Crippen LogP contribution < -0.4 is 11.1 Å². The lowest BCUT2D eigenvalue weighted by Gasteiger charge is -2.05. The maximum atomic E-state index is 11.4. The highest BCUT2D eigenvalue weighted by molar-refractivity contribution is 5.17. The molecule has 0 aliphatic rings. The molecular weight excluding hydrogens is 172 g/mol. The second kappa shape index (κ2) is 3.57. The van der Waals surface area contributed by atoms with E-state index in [0.29, 0.717) is 11.1 Å². The number of rotatable bonds is 2. The van der Waals surface area contributed by atoms with Gasteiger partial charge in [-0.3, -0.25) is 14.7 Å². The van der Waals surface area contributed by atoms with Crippen molar-refractivity contribution in [2.75, 3.05) is 6.61 Å². The minimum atomic E-state index is -0.287. The first-order valence-corrected chi connectivity index (χ1v) is 3.99. The lowest BCUT2D eigenvalue weighted by Crippen LogP contribution is -2.34. The fourth-order valence-corrected chi connectivity index (χ4v) is 1.05. The molecule has 0 atom stereocenters. The van der Waals surface area contributed by atoms with Gasteiger partial charge in [0.1, 0.15) is 0 Å². The van der Waals surface area contributed by atoms with Gasteiger partial charge in [-0.15, -0.1) is 0 Å². The van der Waals surface area contributed by atoms with Gasteiger partial charge in [-0.1, -0.05) is 0 Å². The van der Waals surface area contributed by atoms with Crippen LogP contribution in [0.25, 0.3) is 0 Å². The molecule has 0 saturated carbocycles. The number of aromatic nitrogens is 2. The molecule has 0 saturated heterocycles. The summed E-state index contributed by atoms with van der Waals surface area (Å²) in [6.07, 6.45) is 0. The molecule has 1 heterocycles. The zero-order valence-electron chi connectivity index (χ0n) is 7.63. The molecule has 72 valence electrons. The van der Waals surface area contributed by atoms with E-state index >= 15 is 0 Å². The zero-order chi connectivity index (χ0) is 10.0. The van der Waals surface area contributed by atoms with Crippen LogP contribution in [0, 0.1) is 13.8 Å². The number of nitrogens with zero attached hydrogens (tertiary/aromatic N) is 1. The smallest absolute Gasteiger partial charge is 0.268 e. The van der Waals surface area contributed by atoms with E-state index in [-0.39, 0.29) is 24.3 Å². The van der Waals surface area contributed by atoms with Gasteiger partial charge in [-0.25, -0.2) is 4.68 Å². The van der Waals surface area contributed by atoms with Gasteiger partial charge in [0.05, 0.1) is 13.2 Å². The van der Waals surface area contributed by atoms with Gasteiger partial charge < -0.3 is 5.11 Å². The molecule has 0 aliphatic heterocycles. The maximum absolute atomic E-state index is 11.4. The molecule has 0 radical (unpaired) electrons. The van der Waals surface area contributed by atoms with Crippen LogP contribution in [0.4, 0.5) is 0 Å². The van der Waals surface area contributed by atoms with E-state index in [9.17, 15) is 9.59 Å². The average Bonchev–Trinajstić information content (AvgIpc) is 2.11. The van der Waals surface area contributed by atoms with Gasteiger partial charge in [-0.05, 0) is 13.8 Å². The summed E-state index contributed by atoms with van der Waals surface area (Å²) in [6.45, 7) is 3.15. The van der Waals surface area contributed by atoms with E-state index in [2.05, 4.69) is 5.10 Å². The molecule has 0 bridgehead atoms. The number of hydrogen-bond acceptors (Lipinski definition) is 3. The van der Waals surface area contributed by atoms with Gasteiger partial charge in [0.2, 0.25) is 0 Å². The molecule has 1 aromatic rings. The van der Waals surface area contributed by atoms with Crippen molar-refractivity contribution >= 4 is 0 Å². The van der Waals surface area contributed by atoms with Crippen molar-refractivity contribution in [3.8, 4) is 0 Å². The predicted octanol–water partition coefficient (Wildman–Crippen LogP) is -0.854. The van der Waals surface area contributed by atoms with Crippen molar-refractivity contribution in [2.24, 2.45) is 0 Å². The Bertz CT molecular complexity index is 416. The Morgan fingerprint density at radius 3 is 2.46 bits per heavy atom. The summed E-state index contributed by atoms with van der Waals surface area (Å²) >= 11 is 0. The van der Waals surface area contributed by atoms with Crippen molar-refractivity contribution in [1.82, 2.24) is 9.78 Å². The molecule has 2 N–H and O–H groups in total. The van der Waals surface area contributed by atoms with Crippen LogP contribution >= 0.6 is 0 Å². The van der Waals surface area contributed by atoms with Gasteiger partial charge in [-0.2, -0.15) is 0 Å². The van der Waals surface area contributed by atoms with Crippen molar-refractivity contribution in [3.05, 3.63) is 31.8 Å². The van der Waals surface area contributed by atoms with Crippen LogP contribution in [-0.4, -0.2) is 21.5 Å². The molecule has 0 fully saturated rings. The monoisotopic (exact) mass is 184 g/mol. The number of aromatic amines is 1. The molecule has 0 spiro atoms. The summed E-state index contributed by atoms with van der Waals surface area (Å²) in [6, 6.07) is 0. The minimum Gasteiger partial charge on any atom is -0.394 e. The quantitative estimate of drug-likeness (QED) is 0.628. The summed E-state index contributed by atoms with van der Waals surface area (Å²) in [7, 11) is 0. The molecular formula is C8H12N2O3. The highest BCUT2D eigenvalue weighted by Gasteiger charge is 2.05. The van der Waals surface area contributed by atoms with Crippen molar-refractivity contribution in [3.63, 3.8) is 0 Å². The Hall–Kier alpha value is -1.36. The van der Waals surface area contributed by atoms with E-state index in [1.54, 1.807) is 13.8 Å². The summed E-state index contributed by atoms with van der Waals surface area (Å²) in [5, 5.41) is 11.0. The molecule has 13 heavy (non-hydrogen) atoms. The Labute approximate surface area is 74.6 Å². The molecule has 1 rings (SSSR count). The highest BCUT2D eigenvalue weighted by atomic mass is 16.3. The number of hydrogen-bond donors (Lipinski definition) is 2. The Kier molecular flexibility index (Phi) is 2.67. The first kappa shape index (κ1) is 9.73. The van der Waals surface area contributed by atoms with Gasteiger partial charge >= 0.3 is 0 Å². The standard InChI is InChI=1S/C8H12N2O3/c1-5-6(2)8(13)10(3-4-11)9-7(5)12/h11H,3-4H2,1-2H3,(H,9,12). The summed E-state index contributed by atoms with van der Waals surface area (Å²) in [5.74, 6) is 0. The summed E-state index contributed by atoms with van der Waals surface area (Å²) in [5.41, 5.74) is 0.313. The topological polar surface area (TPSA) is 75.1 Å². The first-order chi connectivity index (χ1) is 6.07. The van der Waals surface area contributed by atoms with E-state index in [1.807, 2.05) is 0 Å². The third-order valence-corrected chi connectivity index (χ3v) is 2.03. The van der Waals surface area contributed by atoms with E-state index < -0.39 is 0 Å². The van der Waals surface area contributed by atoms with E-state index in [0.717, 1.165) is 4.68 Å². The van der Waals surface area contributed by atoms with Crippen LogP contribution in [0.5, 0.6) is 0 Å². The first-order valence-electron chi connectivity index (χ1n) is 3.99. The van der Waals surface area contributed by atoms with Crippen molar-refractivity contribution in [2.45, 2.75) is 20.4 Å². The SMILES string of the molecule is Cc1c(C)c(=O)n(CCO)[nH]c1=O. The fraction of sp³-hybridized carbons (Fsp3) is 0.500. The van der Waals surface area contributed by atoms with Gasteiger partial charge in [0, 0.05) is 11.1 Å².